The number of carbonyl (C=O) groups excluding carboxylic acids is 3. The molecule has 2 atom stereocenters. The predicted molar refractivity (Wildman–Crippen MR) is 291 cm³/mol. The van der Waals surface area contributed by atoms with Gasteiger partial charge in [-0.3, -0.25) is 14.4 Å². The molecule has 2 N–H and O–H groups in total. The standard InChI is InChI=1S/C61H110O8/c1-4-7-10-13-14-15-16-17-18-19-20-29-34-39-46-53-61(66)69-58(54-67-59(64)51-44-37-32-27-23-21-25-30-35-42-49-56(62)47-40-11-8-5-2)55-68-60(65)52-45-38-33-28-24-22-26-31-36-43-50-57(63)48-41-12-9-6-3/h14-15,17-18,35-36,42-43,56-58,62-63H,4-13,16,19-34,37-41,44-55H2,1-3H3/b15-14-,18-17-,42-35-,43-36-. The van der Waals surface area contributed by atoms with E-state index >= 15 is 0 Å². The van der Waals surface area contributed by atoms with Crippen molar-refractivity contribution in [2.45, 2.75) is 309 Å². The Morgan fingerprint density at radius 3 is 1.06 bits per heavy atom. The van der Waals surface area contributed by atoms with Gasteiger partial charge in [-0.1, -0.05) is 217 Å². The molecule has 0 aromatic rings. The van der Waals surface area contributed by atoms with Crippen LogP contribution in [0, 0.1) is 0 Å². The van der Waals surface area contributed by atoms with E-state index in [9.17, 15) is 24.6 Å². The van der Waals surface area contributed by atoms with E-state index in [-0.39, 0.29) is 43.3 Å². The van der Waals surface area contributed by atoms with Crippen LogP contribution in [0.3, 0.4) is 0 Å². The molecule has 69 heavy (non-hydrogen) atoms. The molecular formula is C61H110O8. The van der Waals surface area contributed by atoms with Crippen molar-refractivity contribution in [3.05, 3.63) is 48.6 Å². The Bertz CT molecular complexity index is 1180. The van der Waals surface area contributed by atoms with E-state index < -0.39 is 6.10 Å². The van der Waals surface area contributed by atoms with Crippen LogP contribution in [0.15, 0.2) is 48.6 Å². The van der Waals surface area contributed by atoms with Gasteiger partial charge in [-0.15, -0.1) is 0 Å². The molecule has 0 fully saturated rings. The van der Waals surface area contributed by atoms with E-state index in [2.05, 4.69) is 69.4 Å². The van der Waals surface area contributed by atoms with Gasteiger partial charge in [-0.2, -0.15) is 0 Å². The second-order valence-electron chi connectivity index (χ2n) is 19.9. The maximum atomic E-state index is 12.8. The maximum Gasteiger partial charge on any atom is 0.306 e. The number of ether oxygens (including phenoxy) is 3. The number of esters is 3. The van der Waals surface area contributed by atoms with Crippen LogP contribution >= 0.6 is 0 Å². The normalized spacial score (nSPS) is 13.3. The molecule has 0 aliphatic heterocycles. The number of aliphatic hydroxyl groups is 2. The van der Waals surface area contributed by atoms with E-state index in [1.807, 2.05) is 0 Å². The minimum absolute atomic E-state index is 0.108. The minimum atomic E-state index is -0.811. The number of hydrogen-bond donors (Lipinski definition) is 2. The lowest BCUT2D eigenvalue weighted by molar-refractivity contribution is -0.167. The smallest absolute Gasteiger partial charge is 0.306 e. The van der Waals surface area contributed by atoms with Gasteiger partial charge in [0.1, 0.15) is 13.2 Å². The van der Waals surface area contributed by atoms with Crippen LogP contribution in [0.25, 0.3) is 0 Å². The average Bonchev–Trinajstić information content (AvgIpc) is 3.34. The largest absolute Gasteiger partial charge is 0.462 e. The van der Waals surface area contributed by atoms with Crippen LogP contribution in [0.4, 0.5) is 0 Å². The van der Waals surface area contributed by atoms with Gasteiger partial charge in [0, 0.05) is 19.3 Å². The highest BCUT2D eigenvalue weighted by Gasteiger charge is 2.19. The summed E-state index contributed by atoms with van der Waals surface area (Å²) in [5.74, 6) is -0.966. The zero-order valence-corrected chi connectivity index (χ0v) is 45.3. The molecule has 8 nitrogen and oxygen atoms in total. The molecule has 0 aliphatic carbocycles. The molecule has 402 valence electrons. The molecule has 0 radical (unpaired) electrons. The van der Waals surface area contributed by atoms with Gasteiger partial charge in [-0.05, 0) is 103 Å². The Morgan fingerprint density at radius 1 is 0.362 bits per heavy atom. The van der Waals surface area contributed by atoms with E-state index in [0.29, 0.717) is 19.3 Å². The topological polar surface area (TPSA) is 119 Å². The summed E-state index contributed by atoms with van der Waals surface area (Å²) in [6.07, 6.45) is 59.8. The summed E-state index contributed by atoms with van der Waals surface area (Å²) in [4.78, 5) is 38.2. The second kappa shape index (κ2) is 54.6. The molecule has 0 aromatic heterocycles. The summed E-state index contributed by atoms with van der Waals surface area (Å²) in [5.41, 5.74) is 0. The summed E-state index contributed by atoms with van der Waals surface area (Å²) in [6.45, 7) is 6.43. The molecule has 0 amide bonds. The molecule has 0 spiro atoms. The number of rotatable bonds is 53. The predicted octanol–water partition coefficient (Wildman–Crippen LogP) is 17.4. The van der Waals surface area contributed by atoms with Crippen molar-refractivity contribution in [2.24, 2.45) is 0 Å². The van der Waals surface area contributed by atoms with Gasteiger partial charge in [-0.25, -0.2) is 0 Å². The van der Waals surface area contributed by atoms with Gasteiger partial charge in [0.25, 0.3) is 0 Å². The lowest BCUT2D eigenvalue weighted by Crippen LogP contribution is -2.30. The first-order valence-corrected chi connectivity index (χ1v) is 29.3. The SMILES string of the molecule is CCCCC/C=C\C/C=C\CCCCCCCC(=O)OC(COC(=O)CCCCCCCCC/C=C\CC(O)CCCCCC)COC(=O)CCCCCCCCC/C=C\CC(O)CCCCCC. The van der Waals surface area contributed by atoms with Gasteiger partial charge >= 0.3 is 17.9 Å². The maximum absolute atomic E-state index is 12.8. The fourth-order valence-electron chi connectivity index (χ4n) is 8.38. The highest BCUT2D eigenvalue weighted by Crippen LogP contribution is 2.16. The molecule has 2 unspecified atom stereocenters. The van der Waals surface area contributed by atoms with Crippen LogP contribution in [-0.4, -0.2) is 59.6 Å². The molecule has 8 heteroatoms. The van der Waals surface area contributed by atoms with Crippen molar-refractivity contribution in [3.8, 4) is 0 Å². The first kappa shape index (κ1) is 66.3. The fraction of sp³-hybridized carbons (Fsp3) is 0.820. The van der Waals surface area contributed by atoms with Gasteiger partial charge in [0.15, 0.2) is 6.10 Å². The van der Waals surface area contributed by atoms with Crippen molar-refractivity contribution in [2.75, 3.05) is 13.2 Å². The van der Waals surface area contributed by atoms with E-state index in [1.165, 1.54) is 103 Å². The first-order valence-electron chi connectivity index (χ1n) is 29.3. The minimum Gasteiger partial charge on any atom is -0.462 e. The number of hydrogen-bond acceptors (Lipinski definition) is 8. The van der Waals surface area contributed by atoms with Crippen molar-refractivity contribution >= 4 is 17.9 Å². The lowest BCUT2D eigenvalue weighted by atomic mass is 10.1. The Morgan fingerprint density at radius 2 is 0.667 bits per heavy atom. The van der Waals surface area contributed by atoms with Crippen LogP contribution < -0.4 is 0 Å². The van der Waals surface area contributed by atoms with Gasteiger partial charge in [0.05, 0.1) is 12.2 Å². The molecular weight excluding hydrogens is 861 g/mol. The number of allylic oxidation sites excluding steroid dienone is 6. The quantitative estimate of drug-likeness (QED) is 0.0268. The summed E-state index contributed by atoms with van der Waals surface area (Å²) in [5, 5.41) is 20.2. The summed E-state index contributed by atoms with van der Waals surface area (Å²) < 4.78 is 16.8. The van der Waals surface area contributed by atoms with Crippen molar-refractivity contribution in [1.82, 2.24) is 0 Å². The van der Waals surface area contributed by atoms with E-state index in [0.717, 1.165) is 148 Å². The highest BCUT2D eigenvalue weighted by atomic mass is 16.6. The molecule has 0 saturated carbocycles. The Balaban J connectivity index is 4.44. The molecule has 0 aliphatic rings. The fourth-order valence-corrected chi connectivity index (χ4v) is 8.38. The number of carbonyl (C=O) groups is 3. The van der Waals surface area contributed by atoms with Gasteiger partial charge in [0.2, 0.25) is 0 Å². The highest BCUT2D eigenvalue weighted by molar-refractivity contribution is 5.71. The number of aliphatic hydroxyl groups excluding tert-OH is 2. The van der Waals surface area contributed by atoms with E-state index in [4.69, 9.17) is 14.2 Å². The van der Waals surface area contributed by atoms with Crippen LogP contribution in [0.5, 0.6) is 0 Å². The summed E-state index contributed by atoms with van der Waals surface area (Å²) in [7, 11) is 0. The second-order valence-corrected chi connectivity index (χ2v) is 19.9. The third-order valence-corrected chi connectivity index (χ3v) is 12.9. The van der Waals surface area contributed by atoms with Gasteiger partial charge < -0.3 is 24.4 Å². The Kier molecular flexibility index (Phi) is 52.5. The average molecular weight is 972 g/mol. The van der Waals surface area contributed by atoms with Crippen LogP contribution in [-0.2, 0) is 28.6 Å². The molecule has 0 rings (SSSR count). The van der Waals surface area contributed by atoms with Crippen LogP contribution in [0.1, 0.15) is 290 Å². The zero-order valence-electron chi connectivity index (χ0n) is 45.3. The Hall–Kier alpha value is -2.71. The molecule has 0 heterocycles. The van der Waals surface area contributed by atoms with E-state index in [1.54, 1.807) is 0 Å². The monoisotopic (exact) mass is 971 g/mol. The summed E-state index contributed by atoms with van der Waals surface area (Å²) in [6, 6.07) is 0. The molecule has 0 bridgehead atoms. The van der Waals surface area contributed by atoms with Crippen LogP contribution in [0.2, 0.25) is 0 Å². The zero-order chi connectivity index (χ0) is 50.4. The third kappa shape index (κ3) is 52.9. The van der Waals surface area contributed by atoms with Crippen molar-refractivity contribution in [3.63, 3.8) is 0 Å². The Labute approximate surface area is 425 Å². The van der Waals surface area contributed by atoms with Crippen molar-refractivity contribution in [1.29, 1.82) is 0 Å². The third-order valence-electron chi connectivity index (χ3n) is 12.9. The molecule has 0 saturated heterocycles. The first-order chi connectivity index (χ1) is 33.8. The number of unbranched alkanes of at least 4 members (excludes halogenated alkanes) is 28. The van der Waals surface area contributed by atoms with Crippen molar-refractivity contribution < 1.29 is 38.8 Å². The molecule has 0 aromatic carbocycles. The lowest BCUT2D eigenvalue weighted by Gasteiger charge is -2.18. The summed E-state index contributed by atoms with van der Waals surface area (Å²) >= 11 is 0.